The van der Waals surface area contributed by atoms with E-state index in [-0.39, 0.29) is 11.8 Å². The lowest BCUT2D eigenvalue weighted by Crippen LogP contribution is -2.57. The Hall–Kier alpha value is -2.91. The molecule has 2 atom stereocenters. The van der Waals surface area contributed by atoms with Crippen LogP contribution in [0.25, 0.3) is 5.65 Å². The lowest BCUT2D eigenvalue weighted by molar-refractivity contribution is -0.127. The van der Waals surface area contributed by atoms with Gasteiger partial charge >= 0.3 is 0 Å². The summed E-state index contributed by atoms with van der Waals surface area (Å²) in [5, 5.41) is 7.37. The Morgan fingerprint density at radius 2 is 1.85 bits per heavy atom. The molecule has 3 aliphatic heterocycles. The molecule has 0 saturated carbocycles. The van der Waals surface area contributed by atoms with Crippen LogP contribution < -0.4 is 20.4 Å². The molecule has 3 aliphatic rings. The predicted molar refractivity (Wildman–Crippen MR) is 131 cm³/mol. The quantitative estimate of drug-likeness (QED) is 0.578. The summed E-state index contributed by atoms with van der Waals surface area (Å²) < 4.78 is 2.01. The first-order valence-corrected chi connectivity index (χ1v) is 12.3. The Bertz CT molecular complexity index is 1220. The van der Waals surface area contributed by atoms with Gasteiger partial charge in [0.05, 0.1) is 29.5 Å². The third-order valence-electron chi connectivity index (χ3n) is 7.26. The zero-order valence-corrected chi connectivity index (χ0v) is 20.2. The molecule has 6 rings (SSSR count). The van der Waals surface area contributed by atoms with Gasteiger partial charge in [-0.15, -0.1) is 0 Å². The Balaban J connectivity index is 1.12. The molecule has 0 spiro atoms. The minimum atomic E-state index is -0.556. The summed E-state index contributed by atoms with van der Waals surface area (Å²) in [5.74, 6) is 1.33. The molecule has 2 N–H and O–H groups in total. The highest BCUT2D eigenvalue weighted by atomic mass is 35.5. The van der Waals surface area contributed by atoms with E-state index in [1.54, 1.807) is 6.20 Å². The van der Waals surface area contributed by atoms with Gasteiger partial charge in [-0.05, 0) is 38.8 Å². The lowest BCUT2D eigenvalue weighted by atomic mass is 9.95. The topological polar surface area (TPSA) is 90.7 Å². The van der Waals surface area contributed by atoms with Crippen molar-refractivity contribution in [2.24, 2.45) is 5.92 Å². The summed E-state index contributed by atoms with van der Waals surface area (Å²) in [5.41, 5.74) is 1.25. The maximum Gasteiger partial charge on any atom is 0.227 e. The number of pyridine rings is 1. The molecule has 9 nitrogen and oxygen atoms in total. The summed E-state index contributed by atoms with van der Waals surface area (Å²) in [4.78, 5) is 31.1. The van der Waals surface area contributed by atoms with Gasteiger partial charge in [0.1, 0.15) is 10.7 Å². The SMILES string of the molecule is CC(C)(NC(=O)C1CN(c2nc(N3CC4CCC(C3)N4)ncc2Cl)C1)c1cnc2ccccn12. The van der Waals surface area contributed by atoms with Gasteiger partial charge in [-0.1, -0.05) is 17.7 Å². The number of imidazole rings is 1. The first-order valence-electron chi connectivity index (χ1n) is 11.9. The Labute approximate surface area is 203 Å². The molecule has 3 fully saturated rings. The second-order valence-corrected chi connectivity index (χ2v) is 10.6. The van der Waals surface area contributed by atoms with Crippen molar-refractivity contribution in [1.82, 2.24) is 30.0 Å². The number of carbonyl (C=O) groups excluding carboxylic acids is 1. The highest BCUT2D eigenvalue weighted by Crippen LogP contribution is 2.32. The van der Waals surface area contributed by atoms with Crippen LogP contribution in [0.1, 0.15) is 32.4 Å². The van der Waals surface area contributed by atoms with Crippen LogP contribution in [0, 0.1) is 5.92 Å². The standard InChI is InChI=1S/C24H29ClN8O/c1-24(2,19-10-26-20-5-3-4-8-33(19)20)30-22(34)15-11-31(12-15)21-18(25)9-27-23(29-21)32-13-16-6-7-17(14-32)28-16/h3-5,8-10,15-17,28H,6-7,11-14H2,1-2H3,(H,30,34). The van der Waals surface area contributed by atoms with E-state index in [9.17, 15) is 4.79 Å². The zero-order valence-electron chi connectivity index (χ0n) is 19.4. The van der Waals surface area contributed by atoms with Gasteiger partial charge in [0, 0.05) is 44.5 Å². The van der Waals surface area contributed by atoms with E-state index in [1.807, 2.05) is 48.8 Å². The van der Waals surface area contributed by atoms with Crippen LogP contribution in [0.5, 0.6) is 0 Å². The van der Waals surface area contributed by atoms with E-state index in [4.69, 9.17) is 16.6 Å². The van der Waals surface area contributed by atoms with Crippen molar-refractivity contribution >= 4 is 34.9 Å². The smallest absolute Gasteiger partial charge is 0.227 e. The molecule has 10 heteroatoms. The van der Waals surface area contributed by atoms with E-state index in [0.717, 1.165) is 30.4 Å². The van der Waals surface area contributed by atoms with Gasteiger partial charge in [0.15, 0.2) is 5.82 Å². The average molecular weight is 481 g/mol. The predicted octanol–water partition coefficient (Wildman–Crippen LogP) is 2.21. The fourth-order valence-corrected chi connectivity index (χ4v) is 5.58. The van der Waals surface area contributed by atoms with E-state index in [1.165, 1.54) is 12.8 Å². The Kier molecular flexibility index (Phi) is 5.14. The number of fused-ring (bicyclic) bond motifs is 3. The van der Waals surface area contributed by atoms with Crippen LogP contribution in [-0.4, -0.2) is 63.5 Å². The van der Waals surface area contributed by atoms with E-state index in [0.29, 0.717) is 36.0 Å². The van der Waals surface area contributed by atoms with Crippen molar-refractivity contribution in [3.05, 3.63) is 47.5 Å². The number of piperazine rings is 1. The van der Waals surface area contributed by atoms with Gasteiger partial charge in [-0.3, -0.25) is 4.79 Å². The van der Waals surface area contributed by atoms with Gasteiger partial charge < -0.3 is 24.8 Å². The van der Waals surface area contributed by atoms with Crippen LogP contribution in [0.3, 0.4) is 0 Å². The highest BCUT2D eigenvalue weighted by Gasteiger charge is 2.39. The number of halogens is 1. The van der Waals surface area contributed by atoms with Crippen LogP contribution in [0.15, 0.2) is 36.8 Å². The summed E-state index contributed by atoms with van der Waals surface area (Å²) >= 11 is 6.46. The summed E-state index contributed by atoms with van der Waals surface area (Å²) in [6.45, 7) is 7.01. The van der Waals surface area contributed by atoms with Crippen molar-refractivity contribution < 1.29 is 4.79 Å². The molecule has 3 saturated heterocycles. The molecule has 0 radical (unpaired) electrons. The van der Waals surface area contributed by atoms with Gasteiger partial charge in [-0.2, -0.15) is 4.98 Å². The van der Waals surface area contributed by atoms with Crippen molar-refractivity contribution in [2.75, 3.05) is 36.0 Å². The van der Waals surface area contributed by atoms with Crippen LogP contribution in [0.2, 0.25) is 5.02 Å². The van der Waals surface area contributed by atoms with E-state index < -0.39 is 5.54 Å². The zero-order chi connectivity index (χ0) is 23.4. The van der Waals surface area contributed by atoms with Gasteiger partial charge in [0.25, 0.3) is 0 Å². The minimum absolute atomic E-state index is 0.0243. The van der Waals surface area contributed by atoms with Crippen molar-refractivity contribution in [3.63, 3.8) is 0 Å². The third-order valence-corrected chi connectivity index (χ3v) is 7.52. The molecule has 0 aromatic carbocycles. The molecule has 6 heterocycles. The molecule has 1 amide bonds. The number of rotatable bonds is 5. The molecular formula is C24H29ClN8O. The second kappa shape index (κ2) is 8.09. The number of carbonyl (C=O) groups is 1. The average Bonchev–Trinajstić information content (AvgIpc) is 3.36. The van der Waals surface area contributed by atoms with Crippen molar-refractivity contribution in [2.45, 2.75) is 44.3 Å². The second-order valence-electron chi connectivity index (χ2n) is 10.2. The van der Waals surface area contributed by atoms with Crippen molar-refractivity contribution in [1.29, 1.82) is 0 Å². The number of hydrogen-bond donors (Lipinski definition) is 2. The van der Waals surface area contributed by atoms with Crippen LogP contribution >= 0.6 is 11.6 Å². The van der Waals surface area contributed by atoms with Crippen LogP contribution in [0.4, 0.5) is 11.8 Å². The fraction of sp³-hybridized carbons (Fsp3) is 0.500. The molecule has 2 unspecified atom stereocenters. The summed E-state index contributed by atoms with van der Waals surface area (Å²) in [6.07, 6.45) is 7.89. The van der Waals surface area contributed by atoms with Gasteiger partial charge in [0.2, 0.25) is 11.9 Å². The molecule has 0 aliphatic carbocycles. The molecular weight excluding hydrogens is 452 g/mol. The minimum Gasteiger partial charge on any atom is -0.353 e. The third kappa shape index (κ3) is 3.76. The lowest BCUT2D eigenvalue weighted by Gasteiger charge is -2.41. The number of aromatic nitrogens is 4. The Morgan fingerprint density at radius 1 is 1.09 bits per heavy atom. The molecule has 2 bridgehead atoms. The molecule has 3 aromatic rings. The normalized spacial score (nSPS) is 22.8. The molecule has 34 heavy (non-hydrogen) atoms. The molecule has 178 valence electrons. The monoisotopic (exact) mass is 480 g/mol. The first-order chi connectivity index (χ1) is 16.4. The number of nitrogens with one attached hydrogen (secondary N) is 2. The number of anilines is 2. The maximum atomic E-state index is 13.1. The first kappa shape index (κ1) is 21.6. The number of nitrogens with zero attached hydrogens (tertiary/aromatic N) is 6. The van der Waals surface area contributed by atoms with Crippen LogP contribution in [-0.2, 0) is 10.3 Å². The number of amides is 1. The van der Waals surface area contributed by atoms with E-state index >= 15 is 0 Å². The van der Waals surface area contributed by atoms with Crippen molar-refractivity contribution in [3.8, 4) is 0 Å². The number of hydrogen-bond acceptors (Lipinski definition) is 7. The van der Waals surface area contributed by atoms with Gasteiger partial charge in [-0.25, -0.2) is 9.97 Å². The Morgan fingerprint density at radius 3 is 2.62 bits per heavy atom. The fourth-order valence-electron chi connectivity index (χ4n) is 5.37. The summed E-state index contributed by atoms with van der Waals surface area (Å²) in [6, 6.07) is 6.89. The summed E-state index contributed by atoms with van der Waals surface area (Å²) in [7, 11) is 0. The highest BCUT2D eigenvalue weighted by molar-refractivity contribution is 6.32. The maximum absolute atomic E-state index is 13.1. The largest absolute Gasteiger partial charge is 0.353 e. The van der Waals surface area contributed by atoms with E-state index in [2.05, 4.69) is 30.4 Å². The molecule has 3 aromatic heterocycles.